The largest absolute Gasteiger partial charge is 0.497 e. The van der Waals surface area contributed by atoms with Crippen molar-refractivity contribution in [2.24, 2.45) is 0 Å². The van der Waals surface area contributed by atoms with E-state index in [-0.39, 0.29) is 5.91 Å². The Balaban J connectivity index is 2.16. The Labute approximate surface area is 115 Å². The van der Waals surface area contributed by atoms with Gasteiger partial charge in [0.05, 0.1) is 13.7 Å². The second kappa shape index (κ2) is 9.39. The van der Waals surface area contributed by atoms with Crippen LogP contribution in [0.5, 0.6) is 5.75 Å². The number of ether oxygens (including phenoxy) is 1. The number of benzene rings is 1. The highest BCUT2D eigenvalue weighted by atomic mass is 16.5. The van der Waals surface area contributed by atoms with E-state index < -0.39 is 0 Å². The summed E-state index contributed by atoms with van der Waals surface area (Å²) in [6.45, 7) is 4.09. The van der Waals surface area contributed by atoms with Crippen molar-refractivity contribution in [2.45, 2.75) is 26.2 Å². The molecule has 0 aliphatic heterocycles. The monoisotopic (exact) mass is 264 g/mol. The number of unbranched alkanes of at least 4 members (excludes halogenated alkanes) is 1. The van der Waals surface area contributed by atoms with E-state index in [1.807, 2.05) is 24.3 Å². The predicted molar refractivity (Wildman–Crippen MR) is 77.5 cm³/mol. The van der Waals surface area contributed by atoms with Gasteiger partial charge in [-0.2, -0.15) is 0 Å². The molecule has 4 nitrogen and oxygen atoms in total. The number of nitrogens with one attached hydrogen (secondary N) is 2. The van der Waals surface area contributed by atoms with E-state index >= 15 is 0 Å². The highest BCUT2D eigenvalue weighted by Crippen LogP contribution is 2.12. The van der Waals surface area contributed by atoms with Gasteiger partial charge in [0.25, 0.3) is 0 Å². The molecule has 19 heavy (non-hydrogen) atoms. The van der Waals surface area contributed by atoms with Crippen LogP contribution in [0.25, 0.3) is 0 Å². The zero-order valence-corrected chi connectivity index (χ0v) is 11.9. The second-order valence-corrected chi connectivity index (χ2v) is 4.48. The quantitative estimate of drug-likeness (QED) is 0.668. The van der Waals surface area contributed by atoms with E-state index in [1.54, 1.807) is 7.11 Å². The molecule has 2 N–H and O–H groups in total. The maximum atomic E-state index is 11.5. The van der Waals surface area contributed by atoms with Crippen LogP contribution in [0.15, 0.2) is 24.3 Å². The third kappa shape index (κ3) is 6.82. The molecule has 0 atom stereocenters. The number of hydrogen-bond acceptors (Lipinski definition) is 3. The molecule has 0 aromatic heterocycles. The van der Waals surface area contributed by atoms with Crippen LogP contribution < -0.4 is 15.4 Å². The van der Waals surface area contributed by atoms with Gasteiger partial charge in [0.15, 0.2) is 0 Å². The fourth-order valence-corrected chi connectivity index (χ4v) is 1.74. The van der Waals surface area contributed by atoms with Crippen LogP contribution in [0.1, 0.15) is 25.3 Å². The second-order valence-electron chi connectivity index (χ2n) is 4.48. The van der Waals surface area contributed by atoms with Crippen molar-refractivity contribution in [1.82, 2.24) is 10.6 Å². The van der Waals surface area contributed by atoms with Gasteiger partial charge >= 0.3 is 0 Å². The van der Waals surface area contributed by atoms with Gasteiger partial charge in [-0.15, -0.1) is 0 Å². The fraction of sp³-hybridized carbons (Fsp3) is 0.533. The number of hydrogen-bond donors (Lipinski definition) is 2. The first kappa shape index (κ1) is 15.5. The standard InChI is InChI=1S/C15H24N2O2/c1-3-4-9-16-12-15(18)17-10-8-13-6-5-7-14(11-13)19-2/h5-7,11,16H,3-4,8-10,12H2,1-2H3,(H,17,18). The summed E-state index contributed by atoms with van der Waals surface area (Å²) in [6, 6.07) is 7.90. The normalized spacial score (nSPS) is 10.2. The van der Waals surface area contributed by atoms with E-state index in [9.17, 15) is 4.79 Å². The SMILES string of the molecule is CCCCNCC(=O)NCCc1cccc(OC)c1. The van der Waals surface area contributed by atoms with Crippen molar-refractivity contribution >= 4 is 5.91 Å². The van der Waals surface area contributed by atoms with Crippen molar-refractivity contribution in [2.75, 3.05) is 26.7 Å². The van der Waals surface area contributed by atoms with E-state index in [1.165, 1.54) is 5.56 Å². The van der Waals surface area contributed by atoms with Crippen LogP contribution in [0.2, 0.25) is 0 Å². The molecule has 1 aromatic rings. The lowest BCUT2D eigenvalue weighted by molar-refractivity contribution is -0.120. The molecule has 106 valence electrons. The van der Waals surface area contributed by atoms with Crippen LogP contribution >= 0.6 is 0 Å². The van der Waals surface area contributed by atoms with Crippen molar-refractivity contribution in [1.29, 1.82) is 0 Å². The number of rotatable bonds is 9. The Kier molecular flexibility index (Phi) is 7.66. The first-order valence-corrected chi connectivity index (χ1v) is 6.86. The maximum absolute atomic E-state index is 11.5. The molecule has 0 radical (unpaired) electrons. The van der Waals surface area contributed by atoms with Crippen molar-refractivity contribution in [3.63, 3.8) is 0 Å². The summed E-state index contributed by atoms with van der Waals surface area (Å²) in [5.41, 5.74) is 1.17. The number of amides is 1. The molecule has 0 saturated carbocycles. The molecule has 0 aliphatic rings. The molecule has 1 amide bonds. The predicted octanol–water partition coefficient (Wildman–Crippen LogP) is 1.74. The van der Waals surface area contributed by atoms with Gasteiger partial charge in [0.1, 0.15) is 5.75 Å². The van der Waals surface area contributed by atoms with Gasteiger partial charge in [-0.1, -0.05) is 25.5 Å². The smallest absolute Gasteiger partial charge is 0.233 e. The van der Waals surface area contributed by atoms with Crippen LogP contribution in [-0.2, 0) is 11.2 Å². The first-order chi connectivity index (χ1) is 9.26. The summed E-state index contributed by atoms with van der Waals surface area (Å²) in [4.78, 5) is 11.5. The van der Waals surface area contributed by atoms with E-state index in [0.717, 1.165) is 31.6 Å². The van der Waals surface area contributed by atoms with Crippen LogP contribution in [0.4, 0.5) is 0 Å². The molecule has 0 bridgehead atoms. The summed E-state index contributed by atoms with van der Waals surface area (Å²) in [6.07, 6.45) is 3.07. The van der Waals surface area contributed by atoms with Crippen molar-refractivity contribution in [3.8, 4) is 5.75 Å². The van der Waals surface area contributed by atoms with Gasteiger partial charge in [0.2, 0.25) is 5.91 Å². The lowest BCUT2D eigenvalue weighted by Gasteiger charge is -2.07. The highest BCUT2D eigenvalue weighted by Gasteiger charge is 2.00. The topological polar surface area (TPSA) is 50.4 Å². The number of carbonyl (C=O) groups excluding carboxylic acids is 1. The average molecular weight is 264 g/mol. The molecule has 0 unspecified atom stereocenters. The number of methoxy groups -OCH3 is 1. The highest BCUT2D eigenvalue weighted by molar-refractivity contribution is 5.77. The average Bonchev–Trinajstić information content (AvgIpc) is 2.44. The molecule has 4 heteroatoms. The molecule has 1 rings (SSSR count). The minimum absolute atomic E-state index is 0.0546. The molecule has 0 fully saturated rings. The Morgan fingerprint density at radius 3 is 2.89 bits per heavy atom. The Bertz CT molecular complexity index is 380. The van der Waals surface area contributed by atoms with Gasteiger partial charge in [-0.25, -0.2) is 0 Å². The summed E-state index contributed by atoms with van der Waals surface area (Å²) in [7, 11) is 1.66. The molecule has 0 spiro atoms. The van der Waals surface area contributed by atoms with E-state index in [0.29, 0.717) is 13.1 Å². The summed E-state index contributed by atoms with van der Waals surface area (Å²) in [5, 5.41) is 6.02. The third-order valence-electron chi connectivity index (χ3n) is 2.86. The van der Waals surface area contributed by atoms with Crippen LogP contribution in [0, 0.1) is 0 Å². The maximum Gasteiger partial charge on any atom is 0.233 e. The molecule has 1 aromatic carbocycles. The van der Waals surface area contributed by atoms with Gasteiger partial charge in [0, 0.05) is 6.54 Å². The minimum atomic E-state index is 0.0546. The van der Waals surface area contributed by atoms with Gasteiger partial charge in [-0.05, 0) is 37.1 Å². The van der Waals surface area contributed by atoms with E-state index in [4.69, 9.17) is 4.74 Å². The zero-order chi connectivity index (χ0) is 13.9. The Morgan fingerprint density at radius 2 is 2.16 bits per heavy atom. The lowest BCUT2D eigenvalue weighted by Crippen LogP contribution is -2.35. The van der Waals surface area contributed by atoms with Crippen LogP contribution in [-0.4, -0.2) is 32.7 Å². The minimum Gasteiger partial charge on any atom is -0.497 e. The fourth-order valence-electron chi connectivity index (χ4n) is 1.74. The Morgan fingerprint density at radius 1 is 1.32 bits per heavy atom. The zero-order valence-electron chi connectivity index (χ0n) is 11.9. The molecule has 0 heterocycles. The van der Waals surface area contributed by atoms with Crippen LogP contribution in [0.3, 0.4) is 0 Å². The third-order valence-corrected chi connectivity index (χ3v) is 2.86. The lowest BCUT2D eigenvalue weighted by atomic mass is 10.1. The summed E-state index contributed by atoms with van der Waals surface area (Å²) in [5.74, 6) is 0.907. The van der Waals surface area contributed by atoms with E-state index in [2.05, 4.69) is 17.6 Å². The number of carbonyl (C=O) groups is 1. The van der Waals surface area contributed by atoms with Crippen molar-refractivity contribution in [3.05, 3.63) is 29.8 Å². The van der Waals surface area contributed by atoms with Crippen molar-refractivity contribution < 1.29 is 9.53 Å². The molecular weight excluding hydrogens is 240 g/mol. The first-order valence-electron chi connectivity index (χ1n) is 6.86. The summed E-state index contributed by atoms with van der Waals surface area (Å²) >= 11 is 0. The van der Waals surface area contributed by atoms with Gasteiger partial charge < -0.3 is 15.4 Å². The van der Waals surface area contributed by atoms with Gasteiger partial charge in [-0.3, -0.25) is 4.79 Å². The Hall–Kier alpha value is -1.55. The molecule has 0 aliphatic carbocycles. The molecule has 0 saturated heterocycles. The molecular formula is C15H24N2O2. The summed E-state index contributed by atoms with van der Waals surface area (Å²) < 4.78 is 5.16.